The third kappa shape index (κ3) is 3.57. The number of nitrogen functional groups attached to an aromatic ring is 1. The van der Waals surface area contributed by atoms with Crippen LogP contribution in [0.25, 0.3) is 11.3 Å². The van der Waals surface area contributed by atoms with Crippen LogP contribution in [0.15, 0.2) is 64.2 Å². The third-order valence-corrected chi connectivity index (χ3v) is 4.73. The Balaban J connectivity index is 1.66. The summed E-state index contributed by atoms with van der Waals surface area (Å²) in [6.07, 6.45) is 2.60. The molecular weight excluding hydrogens is 326 g/mol. The minimum atomic E-state index is -3.17. The summed E-state index contributed by atoms with van der Waals surface area (Å²) in [5.74, 6) is 0. The van der Waals surface area contributed by atoms with Crippen LogP contribution in [0.1, 0.15) is 5.56 Å². The van der Waals surface area contributed by atoms with Gasteiger partial charge in [-0.05, 0) is 29.8 Å². The largest absolute Gasteiger partial charge is 0.394 e. The molecule has 2 aromatic carbocycles. The zero-order valence-electron chi connectivity index (χ0n) is 13.1. The second-order valence-electron chi connectivity index (χ2n) is 5.47. The van der Waals surface area contributed by atoms with Crippen LogP contribution in [0.3, 0.4) is 0 Å². The molecular formula is C17H17N3O3S. The summed E-state index contributed by atoms with van der Waals surface area (Å²) in [5, 5.41) is 7.12. The molecule has 0 saturated heterocycles. The fourth-order valence-electron chi connectivity index (χ4n) is 2.27. The predicted octanol–water partition coefficient (Wildman–Crippen LogP) is 2.94. The molecule has 3 rings (SSSR count). The Kier molecular flexibility index (Phi) is 4.26. The molecule has 0 saturated carbocycles. The smallest absolute Gasteiger partial charge is 0.175 e. The van der Waals surface area contributed by atoms with Crippen molar-refractivity contribution in [1.29, 1.82) is 0 Å². The molecule has 3 N–H and O–H groups in total. The van der Waals surface area contributed by atoms with E-state index in [0.29, 0.717) is 22.8 Å². The second-order valence-corrected chi connectivity index (χ2v) is 7.48. The van der Waals surface area contributed by atoms with E-state index in [1.165, 1.54) is 12.5 Å². The van der Waals surface area contributed by atoms with Gasteiger partial charge in [0.25, 0.3) is 0 Å². The number of rotatable bonds is 5. The van der Waals surface area contributed by atoms with E-state index < -0.39 is 9.84 Å². The molecule has 6 nitrogen and oxygen atoms in total. The quantitative estimate of drug-likeness (QED) is 0.739. The number of aromatic nitrogens is 1. The Hall–Kier alpha value is -2.80. The highest BCUT2D eigenvalue weighted by Gasteiger charge is 2.07. The van der Waals surface area contributed by atoms with Crippen molar-refractivity contribution < 1.29 is 12.9 Å². The molecule has 0 amide bonds. The summed E-state index contributed by atoms with van der Waals surface area (Å²) < 4.78 is 27.7. The summed E-state index contributed by atoms with van der Waals surface area (Å²) in [4.78, 5) is 0.308. The molecule has 0 radical (unpaired) electrons. The zero-order valence-corrected chi connectivity index (χ0v) is 13.9. The number of anilines is 2. The van der Waals surface area contributed by atoms with Crippen molar-refractivity contribution in [3.63, 3.8) is 0 Å². The lowest BCUT2D eigenvalue weighted by molar-refractivity contribution is 0.422. The molecule has 1 aromatic heterocycles. The molecule has 0 atom stereocenters. The van der Waals surface area contributed by atoms with Crippen molar-refractivity contribution in [2.75, 3.05) is 17.3 Å². The number of hydrogen-bond acceptors (Lipinski definition) is 6. The molecule has 0 unspecified atom stereocenters. The van der Waals surface area contributed by atoms with Gasteiger partial charge < -0.3 is 15.6 Å². The van der Waals surface area contributed by atoms with Crippen LogP contribution < -0.4 is 11.1 Å². The Morgan fingerprint density at radius 3 is 2.29 bits per heavy atom. The average molecular weight is 343 g/mol. The van der Waals surface area contributed by atoms with Crippen LogP contribution >= 0.6 is 0 Å². The summed E-state index contributed by atoms with van der Waals surface area (Å²) in [6.45, 7) is 0.618. The van der Waals surface area contributed by atoms with Crippen LogP contribution in [-0.2, 0) is 16.4 Å². The van der Waals surface area contributed by atoms with E-state index in [1.807, 2.05) is 24.3 Å². The lowest BCUT2D eigenvalue weighted by Crippen LogP contribution is -2.01. The Bertz CT molecular complexity index is 930. The van der Waals surface area contributed by atoms with E-state index in [4.69, 9.17) is 10.3 Å². The van der Waals surface area contributed by atoms with Gasteiger partial charge in [-0.2, -0.15) is 0 Å². The summed E-state index contributed by atoms with van der Waals surface area (Å²) in [6, 6.07) is 14.5. The summed E-state index contributed by atoms with van der Waals surface area (Å²) in [7, 11) is -3.17. The standard InChI is InChI=1S/C17H17N3O3S/c1-24(21,22)15-8-6-14(7-9-15)19-10-12-2-4-13(5-3-12)17-16(18)11-23-20-17/h2-9,11,19H,10,18H2,1H3. The lowest BCUT2D eigenvalue weighted by Gasteiger charge is -2.08. The van der Waals surface area contributed by atoms with Crippen LogP contribution in [0.4, 0.5) is 11.4 Å². The predicted molar refractivity (Wildman–Crippen MR) is 93.2 cm³/mol. The summed E-state index contributed by atoms with van der Waals surface area (Å²) >= 11 is 0. The highest BCUT2D eigenvalue weighted by Crippen LogP contribution is 2.24. The molecule has 0 aliphatic heterocycles. The van der Waals surface area contributed by atoms with Gasteiger partial charge in [-0.15, -0.1) is 0 Å². The maximum atomic E-state index is 11.4. The van der Waals surface area contributed by atoms with E-state index in [1.54, 1.807) is 24.3 Å². The van der Waals surface area contributed by atoms with Crippen molar-refractivity contribution >= 4 is 21.2 Å². The van der Waals surface area contributed by atoms with Crippen molar-refractivity contribution in [2.45, 2.75) is 11.4 Å². The highest BCUT2D eigenvalue weighted by molar-refractivity contribution is 7.90. The molecule has 0 bridgehead atoms. The monoisotopic (exact) mass is 343 g/mol. The van der Waals surface area contributed by atoms with Gasteiger partial charge in [0.05, 0.1) is 4.90 Å². The molecule has 3 aromatic rings. The number of sulfone groups is 1. The van der Waals surface area contributed by atoms with Crippen LogP contribution in [0.2, 0.25) is 0 Å². The Labute approximate surface area is 140 Å². The minimum absolute atomic E-state index is 0.308. The lowest BCUT2D eigenvalue weighted by atomic mass is 10.1. The average Bonchev–Trinajstić information content (AvgIpc) is 2.99. The maximum absolute atomic E-state index is 11.4. The minimum Gasteiger partial charge on any atom is -0.394 e. The first-order valence-corrected chi connectivity index (χ1v) is 9.16. The van der Waals surface area contributed by atoms with Gasteiger partial charge in [-0.25, -0.2) is 8.42 Å². The first-order valence-electron chi connectivity index (χ1n) is 7.26. The van der Waals surface area contributed by atoms with E-state index in [2.05, 4.69) is 10.5 Å². The second kappa shape index (κ2) is 6.37. The van der Waals surface area contributed by atoms with Gasteiger partial charge in [0.1, 0.15) is 17.6 Å². The van der Waals surface area contributed by atoms with Crippen molar-refractivity contribution in [1.82, 2.24) is 5.16 Å². The Morgan fingerprint density at radius 1 is 1.08 bits per heavy atom. The fourth-order valence-corrected chi connectivity index (χ4v) is 2.90. The van der Waals surface area contributed by atoms with Gasteiger partial charge in [0, 0.05) is 24.1 Å². The van der Waals surface area contributed by atoms with Crippen LogP contribution in [-0.4, -0.2) is 19.8 Å². The van der Waals surface area contributed by atoms with Crippen molar-refractivity contribution in [2.24, 2.45) is 0 Å². The zero-order chi connectivity index (χ0) is 17.2. The first-order chi connectivity index (χ1) is 11.4. The van der Waals surface area contributed by atoms with Gasteiger partial charge in [0.15, 0.2) is 9.84 Å². The Morgan fingerprint density at radius 2 is 1.75 bits per heavy atom. The molecule has 0 fully saturated rings. The molecule has 0 spiro atoms. The number of benzene rings is 2. The number of nitrogens with two attached hydrogens (primary N) is 1. The molecule has 24 heavy (non-hydrogen) atoms. The fraction of sp³-hybridized carbons (Fsp3) is 0.118. The topological polar surface area (TPSA) is 98.2 Å². The van der Waals surface area contributed by atoms with Crippen molar-refractivity contribution in [3.05, 3.63) is 60.4 Å². The molecule has 0 aliphatic carbocycles. The van der Waals surface area contributed by atoms with Crippen LogP contribution in [0, 0.1) is 0 Å². The van der Waals surface area contributed by atoms with Crippen LogP contribution in [0.5, 0.6) is 0 Å². The number of hydrogen-bond donors (Lipinski definition) is 2. The highest BCUT2D eigenvalue weighted by atomic mass is 32.2. The van der Waals surface area contributed by atoms with Gasteiger partial charge in [-0.3, -0.25) is 0 Å². The molecule has 1 heterocycles. The number of nitrogens with zero attached hydrogens (tertiary/aromatic N) is 1. The summed E-state index contributed by atoms with van der Waals surface area (Å²) in [5.41, 5.74) is 9.74. The molecule has 124 valence electrons. The van der Waals surface area contributed by atoms with E-state index in [0.717, 1.165) is 16.8 Å². The normalized spacial score (nSPS) is 11.4. The number of nitrogens with one attached hydrogen (secondary N) is 1. The third-order valence-electron chi connectivity index (χ3n) is 3.60. The van der Waals surface area contributed by atoms with Gasteiger partial charge in [-0.1, -0.05) is 29.4 Å². The first kappa shape index (κ1) is 16.1. The SMILES string of the molecule is CS(=O)(=O)c1ccc(NCc2ccc(-c3nocc3N)cc2)cc1. The van der Waals surface area contributed by atoms with Gasteiger partial charge in [0.2, 0.25) is 0 Å². The van der Waals surface area contributed by atoms with Crippen molar-refractivity contribution in [3.8, 4) is 11.3 Å². The maximum Gasteiger partial charge on any atom is 0.175 e. The molecule has 7 heteroatoms. The van der Waals surface area contributed by atoms with Gasteiger partial charge >= 0.3 is 0 Å². The van der Waals surface area contributed by atoms with E-state index in [9.17, 15) is 8.42 Å². The van der Waals surface area contributed by atoms with E-state index in [-0.39, 0.29) is 0 Å². The van der Waals surface area contributed by atoms with E-state index >= 15 is 0 Å². The molecule has 0 aliphatic rings.